The summed E-state index contributed by atoms with van der Waals surface area (Å²) in [6.45, 7) is 5.31. The largest absolute Gasteiger partial charge is 0.490 e. The first-order chi connectivity index (χ1) is 12.2. The minimum absolute atomic E-state index is 0.110. The van der Waals surface area contributed by atoms with E-state index >= 15 is 0 Å². The Morgan fingerprint density at radius 3 is 2.31 bits per heavy atom. The van der Waals surface area contributed by atoms with E-state index in [2.05, 4.69) is 9.93 Å². The third-order valence-electron chi connectivity index (χ3n) is 3.66. The van der Waals surface area contributed by atoms with Crippen LogP contribution in [0.5, 0.6) is 5.75 Å². The first-order valence-electron chi connectivity index (χ1n) is 7.61. The maximum atomic E-state index is 12.5. The summed E-state index contributed by atoms with van der Waals surface area (Å²) in [6, 6.07) is 7.75. The van der Waals surface area contributed by atoms with Gasteiger partial charge in [-0.1, -0.05) is 17.7 Å². The number of rotatable bonds is 6. The van der Waals surface area contributed by atoms with Gasteiger partial charge in [0.1, 0.15) is 0 Å². The first kappa shape index (κ1) is 19.4. The maximum Gasteiger partial charge on any atom is 0.311 e. The Kier molecular flexibility index (Phi) is 5.61. The van der Waals surface area contributed by atoms with Gasteiger partial charge in [0.25, 0.3) is 10.0 Å². The summed E-state index contributed by atoms with van der Waals surface area (Å²) in [5.74, 6) is 0.110. The average molecular weight is 377 g/mol. The lowest BCUT2D eigenvalue weighted by Gasteiger charge is -2.11. The molecule has 26 heavy (non-hydrogen) atoms. The van der Waals surface area contributed by atoms with Gasteiger partial charge in [0.2, 0.25) is 0 Å². The van der Waals surface area contributed by atoms with Crippen LogP contribution >= 0.6 is 0 Å². The highest BCUT2D eigenvalue weighted by Gasteiger charge is 2.19. The summed E-state index contributed by atoms with van der Waals surface area (Å²) in [5, 5.41) is 14.7. The maximum absolute atomic E-state index is 12.5. The van der Waals surface area contributed by atoms with Gasteiger partial charge in [0.15, 0.2) is 5.75 Å². The second-order valence-electron chi connectivity index (χ2n) is 5.77. The van der Waals surface area contributed by atoms with Crippen LogP contribution in [-0.2, 0) is 10.0 Å². The van der Waals surface area contributed by atoms with Gasteiger partial charge in [0.05, 0.1) is 23.1 Å². The molecule has 0 heterocycles. The molecule has 0 aromatic heterocycles. The lowest BCUT2D eigenvalue weighted by molar-refractivity contribution is -0.385. The summed E-state index contributed by atoms with van der Waals surface area (Å²) in [5.41, 5.74) is 2.32. The molecule has 0 saturated heterocycles. The van der Waals surface area contributed by atoms with Crippen molar-refractivity contribution in [3.63, 3.8) is 0 Å². The first-order valence-corrected chi connectivity index (χ1v) is 9.09. The zero-order valence-electron chi connectivity index (χ0n) is 14.8. The number of hydrogen-bond donors (Lipinski definition) is 1. The highest BCUT2D eigenvalue weighted by molar-refractivity contribution is 7.89. The molecule has 0 radical (unpaired) electrons. The van der Waals surface area contributed by atoms with Crippen LogP contribution in [0.15, 0.2) is 40.3 Å². The van der Waals surface area contributed by atoms with Gasteiger partial charge in [0, 0.05) is 11.6 Å². The molecule has 0 aliphatic carbocycles. The summed E-state index contributed by atoms with van der Waals surface area (Å²) in [4.78, 5) is 12.7. The molecule has 0 atom stereocenters. The highest BCUT2D eigenvalue weighted by Crippen LogP contribution is 2.27. The molecular weight excluding hydrogens is 358 g/mol. The number of nitrogens with zero attached hydrogens (tertiary/aromatic N) is 2. The van der Waals surface area contributed by atoms with Crippen molar-refractivity contribution in [3.05, 3.63) is 62.7 Å². The fourth-order valence-electron chi connectivity index (χ4n) is 2.74. The van der Waals surface area contributed by atoms with Crippen LogP contribution in [0, 0.1) is 30.9 Å². The number of hydrogen-bond acceptors (Lipinski definition) is 6. The Hall–Kier alpha value is -2.94. The number of benzene rings is 2. The normalized spacial score (nSPS) is 11.5. The Balaban J connectivity index is 2.28. The molecule has 2 rings (SSSR count). The molecule has 9 heteroatoms. The molecule has 0 aliphatic rings. The number of aryl methyl sites for hydroxylation is 3. The van der Waals surface area contributed by atoms with E-state index in [4.69, 9.17) is 4.74 Å². The van der Waals surface area contributed by atoms with Gasteiger partial charge < -0.3 is 4.74 Å². The fraction of sp³-hybridized carbons (Fsp3) is 0.235. The van der Waals surface area contributed by atoms with Crippen LogP contribution in [-0.4, -0.2) is 26.7 Å². The van der Waals surface area contributed by atoms with Crippen LogP contribution in [0.1, 0.15) is 22.3 Å². The van der Waals surface area contributed by atoms with E-state index in [-0.39, 0.29) is 16.3 Å². The van der Waals surface area contributed by atoms with Gasteiger partial charge in [-0.05, 0) is 44.0 Å². The van der Waals surface area contributed by atoms with E-state index in [1.165, 1.54) is 31.5 Å². The van der Waals surface area contributed by atoms with E-state index in [0.29, 0.717) is 16.7 Å². The molecule has 0 bridgehead atoms. The molecule has 1 N–H and O–H groups in total. The van der Waals surface area contributed by atoms with Crippen LogP contribution in [0.25, 0.3) is 0 Å². The Labute approximate surface area is 151 Å². The van der Waals surface area contributed by atoms with Crippen LogP contribution in [0.4, 0.5) is 5.69 Å². The van der Waals surface area contributed by atoms with E-state index in [0.717, 1.165) is 5.56 Å². The predicted octanol–water partition coefficient (Wildman–Crippen LogP) is 2.84. The van der Waals surface area contributed by atoms with Crippen molar-refractivity contribution in [2.75, 3.05) is 7.11 Å². The number of hydrazone groups is 1. The molecular formula is C17H19N3O5S. The molecule has 0 spiro atoms. The second-order valence-corrected chi connectivity index (χ2v) is 7.37. The van der Waals surface area contributed by atoms with E-state index < -0.39 is 14.9 Å². The number of nitro groups is 1. The monoisotopic (exact) mass is 377 g/mol. The Bertz CT molecular complexity index is 961. The van der Waals surface area contributed by atoms with Crippen molar-refractivity contribution in [1.29, 1.82) is 0 Å². The number of methoxy groups -OCH3 is 1. The molecule has 0 unspecified atom stereocenters. The number of sulfonamides is 1. The van der Waals surface area contributed by atoms with E-state index in [9.17, 15) is 18.5 Å². The Morgan fingerprint density at radius 2 is 1.77 bits per heavy atom. The lowest BCUT2D eigenvalue weighted by atomic mass is 10.1. The standard InChI is InChI=1S/C17H19N3O5S/c1-11-7-12(2)17(13(3)8-11)26(23,24)19-18-10-14-5-6-16(25-4)15(9-14)20(21)22/h5-10,19H,1-4H3/b18-10+. The van der Waals surface area contributed by atoms with Crippen LogP contribution in [0.3, 0.4) is 0 Å². The summed E-state index contributed by atoms with van der Waals surface area (Å²) in [7, 11) is -2.52. The van der Waals surface area contributed by atoms with Gasteiger partial charge in [-0.25, -0.2) is 4.83 Å². The van der Waals surface area contributed by atoms with Gasteiger partial charge in [-0.2, -0.15) is 13.5 Å². The summed E-state index contributed by atoms with van der Waals surface area (Å²) < 4.78 is 29.9. The van der Waals surface area contributed by atoms with Crippen molar-refractivity contribution >= 4 is 21.9 Å². The molecule has 8 nitrogen and oxygen atoms in total. The second kappa shape index (κ2) is 7.52. The van der Waals surface area contributed by atoms with Gasteiger partial charge >= 0.3 is 5.69 Å². The number of nitro benzene ring substituents is 1. The van der Waals surface area contributed by atoms with E-state index in [1.807, 2.05) is 6.92 Å². The topological polar surface area (TPSA) is 111 Å². The molecule has 0 aliphatic heterocycles. The zero-order valence-corrected chi connectivity index (χ0v) is 15.6. The van der Waals surface area contributed by atoms with Crippen molar-refractivity contribution < 1.29 is 18.1 Å². The lowest BCUT2D eigenvalue weighted by Crippen LogP contribution is -2.20. The summed E-state index contributed by atoms with van der Waals surface area (Å²) in [6.07, 6.45) is 1.20. The Morgan fingerprint density at radius 1 is 1.15 bits per heavy atom. The van der Waals surface area contributed by atoms with E-state index in [1.54, 1.807) is 26.0 Å². The smallest absolute Gasteiger partial charge is 0.311 e. The fourth-order valence-corrected chi connectivity index (χ4v) is 3.98. The van der Waals surface area contributed by atoms with Crippen LogP contribution in [0.2, 0.25) is 0 Å². The van der Waals surface area contributed by atoms with Crippen molar-refractivity contribution in [1.82, 2.24) is 4.83 Å². The number of ether oxygens (including phenoxy) is 1. The molecule has 2 aromatic rings. The van der Waals surface area contributed by atoms with Crippen molar-refractivity contribution in [2.45, 2.75) is 25.7 Å². The van der Waals surface area contributed by atoms with Gasteiger partial charge in [-0.15, -0.1) is 0 Å². The van der Waals surface area contributed by atoms with Crippen molar-refractivity contribution in [2.24, 2.45) is 5.10 Å². The molecule has 138 valence electrons. The predicted molar refractivity (Wildman–Crippen MR) is 98.2 cm³/mol. The molecule has 0 saturated carbocycles. The quantitative estimate of drug-likeness (QED) is 0.473. The highest BCUT2D eigenvalue weighted by atomic mass is 32.2. The van der Waals surface area contributed by atoms with Gasteiger partial charge in [-0.3, -0.25) is 10.1 Å². The third kappa shape index (κ3) is 4.17. The molecule has 0 fully saturated rings. The summed E-state index contributed by atoms with van der Waals surface area (Å²) >= 11 is 0. The SMILES string of the molecule is COc1ccc(/C=N/NS(=O)(=O)c2c(C)cc(C)cc2C)cc1[N+](=O)[O-]. The van der Waals surface area contributed by atoms with Crippen molar-refractivity contribution in [3.8, 4) is 5.75 Å². The zero-order chi connectivity index (χ0) is 19.5. The third-order valence-corrected chi connectivity index (χ3v) is 5.19. The minimum atomic E-state index is -3.85. The average Bonchev–Trinajstić information content (AvgIpc) is 2.53. The molecule has 0 amide bonds. The number of nitrogens with one attached hydrogen (secondary N) is 1. The molecule has 2 aromatic carbocycles. The minimum Gasteiger partial charge on any atom is -0.490 e. The van der Waals surface area contributed by atoms with Crippen LogP contribution < -0.4 is 9.57 Å².